The SMILES string of the molecule is COCCN1C(=O)c2ccccc2[C@H](C(=O)N2CCC[C@@H](C)C2)C12CCCC2. The smallest absolute Gasteiger partial charge is 0.254 e. The lowest BCUT2D eigenvalue weighted by Crippen LogP contribution is -2.62. The van der Waals surface area contributed by atoms with Crippen molar-refractivity contribution in [1.29, 1.82) is 0 Å². The topological polar surface area (TPSA) is 49.9 Å². The number of methoxy groups -OCH3 is 1. The van der Waals surface area contributed by atoms with Crippen LogP contribution in [0.25, 0.3) is 0 Å². The molecule has 2 fully saturated rings. The molecule has 1 saturated heterocycles. The Morgan fingerprint density at radius 3 is 2.68 bits per heavy atom. The van der Waals surface area contributed by atoms with Gasteiger partial charge in [0.15, 0.2) is 0 Å². The predicted molar refractivity (Wildman–Crippen MR) is 108 cm³/mol. The molecule has 5 nitrogen and oxygen atoms in total. The molecule has 1 aliphatic carbocycles. The van der Waals surface area contributed by atoms with Crippen molar-refractivity contribution in [2.75, 3.05) is 33.4 Å². The molecule has 0 N–H and O–H groups in total. The van der Waals surface area contributed by atoms with E-state index in [0.717, 1.165) is 50.8 Å². The zero-order valence-electron chi connectivity index (χ0n) is 17.2. The molecule has 152 valence electrons. The number of carbonyl (C=O) groups is 2. The molecule has 2 amide bonds. The number of hydrogen-bond donors (Lipinski definition) is 0. The summed E-state index contributed by atoms with van der Waals surface area (Å²) in [4.78, 5) is 31.4. The highest BCUT2D eigenvalue weighted by molar-refractivity contribution is 6.02. The fraction of sp³-hybridized carbons (Fsp3) is 0.652. The van der Waals surface area contributed by atoms with Gasteiger partial charge in [-0.25, -0.2) is 0 Å². The summed E-state index contributed by atoms with van der Waals surface area (Å²) >= 11 is 0. The van der Waals surface area contributed by atoms with Crippen LogP contribution in [-0.4, -0.2) is 60.5 Å². The summed E-state index contributed by atoms with van der Waals surface area (Å²) in [7, 11) is 1.67. The van der Waals surface area contributed by atoms with Crippen molar-refractivity contribution >= 4 is 11.8 Å². The summed E-state index contributed by atoms with van der Waals surface area (Å²) < 4.78 is 5.32. The third-order valence-electron chi connectivity index (χ3n) is 7.03. The second kappa shape index (κ2) is 7.86. The minimum atomic E-state index is -0.401. The zero-order valence-corrected chi connectivity index (χ0v) is 17.2. The Bertz CT molecular complexity index is 741. The fourth-order valence-electron chi connectivity index (χ4n) is 5.72. The van der Waals surface area contributed by atoms with Crippen molar-refractivity contribution in [3.8, 4) is 0 Å². The first kappa shape index (κ1) is 19.4. The van der Waals surface area contributed by atoms with Crippen LogP contribution in [0.2, 0.25) is 0 Å². The van der Waals surface area contributed by atoms with Crippen LogP contribution in [0.4, 0.5) is 0 Å². The Morgan fingerprint density at radius 2 is 1.96 bits per heavy atom. The molecule has 0 aromatic heterocycles. The Kier molecular flexibility index (Phi) is 5.46. The minimum absolute atomic E-state index is 0.0608. The molecular formula is C23H32N2O3. The quantitative estimate of drug-likeness (QED) is 0.799. The zero-order chi connectivity index (χ0) is 19.7. The van der Waals surface area contributed by atoms with Crippen molar-refractivity contribution in [1.82, 2.24) is 9.80 Å². The van der Waals surface area contributed by atoms with Crippen molar-refractivity contribution in [2.45, 2.75) is 56.9 Å². The number of benzene rings is 1. The van der Waals surface area contributed by atoms with E-state index >= 15 is 0 Å². The molecule has 28 heavy (non-hydrogen) atoms. The summed E-state index contributed by atoms with van der Waals surface area (Å²) in [6.07, 6.45) is 6.20. The maximum atomic E-state index is 13.9. The summed E-state index contributed by atoms with van der Waals surface area (Å²) in [6, 6.07) is 7.77. The maximum Gasteiger partial charge on any atom is 0.254 e. The largest absolute Gasteiger partial charge is 0.383 e. The lowest BCUT2D eigenvalue weighted by atomic mass is 9.70. The summed E-state index contributed by atoms with van der Waals surface area (Å²) in [5.74, 6) is 0.565. The first-order valence-electron chi connectivity index (χ1n) is 10.8. The molecule has 0 unspecified atom stereocenters. The Balaban J connectivity index is 1.79. The van der Waals surface area contributed by atoms with Crippen LogP contribution in [0.1, 0.15) is 67.3 Å². The van der Waals surface area contributed by atoms with Crippen LogP contribution in [0.3, 0.4) is 0 Å². The van der Waals surface area contributed by atoms with Gasteiger partial charge in [-0.3, -0.25) is 9.59 Å². The van der Waals surface area contributed by atoms with E-state index in [1.807, 2.05) is 29.2 Å². The number of likely N-dealkylation sites (tertiary alicyclic amines) is 1. The highest BCUT2D eigenvalue weighted by Gasteiger charge is 2.56. The molecule has 2 heterocycles. The van der Waals surface area contributed by atoms with Crippen LogP contribution in [-0.2, 0) is 9.53 Å². The third kappa shape index (κ3) is 3.14. The number of carbonyl (C=O) groups excluding carboxylic acids is 2. The van der Waals surface area contributed by atoms with Crippen LogP contribution in [0, 0.1) is 5.92 Å². The third-order valence-corrected chi connectivity index (χ3v) is 7.03. The van der Waals surface area contributed by atoms with Gasteiger partial charge in [0.05, 0.1) is 18.1 Å². The first-order valence-corrected chi connectivity index (χ1v) is 10.8. The highest BCUT2D eigenvalue weighted by atomic mass is 16.5. The van der Waals surface area contributed by atoms with Crippen molar-refractivity contribution in [3.63, 3.8) is 0 Å². The monoisotopic (exact) mass is 384 g/mol. The van der Waals surface area contributed by atoms with Gasteiger partial charge in [0, 0.05) is 32.3 Å². The molecule has 5 heteroatoms. The standard InChI is InChI=1S/C23H32N2O3/c1-17-8-7-13-24(16-17)22(27)20-18-9-3-4-10-19(18)21(26)25(14-15-28-2)23(20)11-5-6-12-23/h3-4,9-10,17,20H,5-8,11-16H2,1-2H3/t17-,20-/m1/s1. The second-order valence-electron chi connectivity index (χ2n) is 8.81. The molecule has 0 bridgehead atoms. The lowest BCUT2D eigenvalue weighted by molar-refractivity contribution is -0.138. The van der Waals surface area contributed by atoms with E-state index in [2.05, 4.69) is 11.8 Å². The number of hydrogen-bond acceptors (Lipinski definition) is 3. The van der Waals surface area contributed by atoms with Gasteiger partial charge in [0.25, 0.3) is 5.91 Å². The van der Waals surface area contributed by atoms with E-state index < -0.39 is 5.54 Å². The number of fused-ring (bicyclic) bond motifs is 1. The van der Waals surface area contributed by atoms with Crippen LogP contribution < -0.4 is 0 Å². The number of nitrogens with zero attached hydrogens (tertiary/aromatic N) is 2. The van der Waals surface area contributed by atoms with Gasteiger partial charge < -0.3 is 14.5 Å². The Morgan fingerprint density at radius 1 is 1.21 bits per heavy atom. The molecular weight excluding hydrogens is 352 g/mol. The maximum absolute atomic E-state index is 13.9. The van der Waals surface area contributed by atoms with Gasteiger partial charge in [0.2, 0.25) is 5.91 Å². The lowest BCUT2D eigenvalue weighted by Gasteiger charge is -2.51. The normalized spacial score (nSPS) is 26.6. The molecule has 1 spiro atoms. The van der Waals surface area contributed by atoms with Gasteiger partial charge in [-0.05, 0) is 43.2 Å². The van der Waals surface area contributed by atoms with Gasteiger partial charge in [-0.15, -0.1) is 0 Å². The van der Waals surface area contributed by atoms with Crippen LogP contribution >= 0.6 is 0 Å². The highest BCUT2D eigenvalue weighted by Crippen LogP contribution is 2.51. The molecule has 1 aromatic carbocycles. The van der Waals surface area contributed by atoms with Gasteiger partial charge in [-0.2, -0.15) is 0 Å². The van der Waals surface area contributed by atoms with Crippen LogP contribution in [0.5, 0.6) is 0 Å². The van der Waals surface area contributed by atoms with E-state index in [0.29, 0.717) is 24.6 Å². The second-order valence-corrected chi connectivity index (χ2v) is 8.81. The minimum Gasteiger partial charge on any atom is -0.383 e. The van der Waals surface area contributed by atoms with E-state index in [-0.39, 0.29) is 17.7 Å². The molecule has 3 aliphatic rings. The molecule has 4 rings (SSSR count). The van der Waals surface area contributed by atoms with Gasteiger partial charge in [0.1, 0.15) is 0 Å². The number of ether oxygens (including phenoxy) is 1. The first-order chi connectivity index (χ1) is 13.6. The number of piperidine rings is 1. The van der Waals surface area contributed by atoms with E-state index in [9.17, 15) is 9.59 Å². The average molecular weight is 385 g/mol. The molecule has 1 saturated carbocycles. The predicted octanol–water partition coefficient (Wildman–Crippen LogP) is 3.44. The molecule has 1 aromatic rings. The van der Waals surface area contributed by atoms with Crippen LogP contribution in [0.15, 0.2) is 24.3 Å². The summed E-state index contributed by atoms with van der Waals surface area (Å²) in [5.41, 5.74) is 1.23. The number of rotatable bonds is 4. The van der Waals surface area contributed by atoms with Gasteiger partial charge >= 0.3 is 0 Å². The van der Waals surface area contributed by atoms with Crippen molar-refractivity contribution < 1.29 is 14.3 Å². The van der Waals surface area contributed by atoms with Crippen molar-refractivity contribution in [2.24, 2.45) is 5.92 Å². The molecule has 0 radical (unpaired) electrons. The van der Waals surface area contributed by atoms with Gasteiger partial charge in [-0.1, -0.05) is 38.0 Å². The summed E-state index contributed by atoms with van der Waals surface area (Å²) in [6.45, 7) is 4.94. The number of amides is 2. The van der Waals surface area contributed by atoms with E-state index in [4.69, 9.17) is 4.74 Å². The fourth-order valence-corrected chi connectivity index (χ4v) is 5.72. The summed E-state index contributed by atoms with van der Waals surface area (Å²) in [5, 5.41) is 0. The Labute approximate surface area is 168 Å². The van der Waals surface area contributed by atoms with E-state index in [1.165, 1.54) is 6.42 Å². The van der Waals surface area contributed by atoms with Crippen molar-refractivity contribution in [3.05, 3.63) is 35.4 Å². The van der Waals surface area contributed by atoms with E-state index in [1.54, 1.807) is 7.11 Å². The molecule has 2 aliphatic heterocycles. The Hall–Kier alpha value is -1.88. The molecule has 2 atom stereocenters. The average Bonchev–Trinajstić information content (AvgIpc) is 3.18.